The molecular weight excluding hydrogens is 320 g/mol. The Morgan fingerprint density at radius 2 is 1.88 bits per heavy atom. The van der Waals surface area contributed by atoms with Gasteiger partial charge in [0.2, 0.25) is 0 Å². The van der Waals surface area contributed by atoms with E-state index in [9.17, 15) is 0 Å². The highest BCUT2D eigenvalue weighted by Crippen LogP contribution is 2.31. The Bertz CT molecular complexity index is 494. The Balaban J connectivity index is 0.00000144. The van der Waals surface area contributed by atoms with Crippen LogP contribution >= 0.6 is 39.7 Å². The summed E-state index contributed by atoms with van der Waals surface area (Å²) in [7, 11) is 0. The summed E-state index contributed by atoms with van der Waals surface area (Å²) in [4.78, 5) is 5.72. The zero-order valence-corrected chi connectivity index (χ0v) is 12.8. The highest BCUT2D eigenvalue weighted by atomic mass is 79.9. The first-order valence-electron chi connectivity index (χ1n) is 5.07. The molecule has 0 bridgehead atoms. The molecule has 2 rings (SSSR count). The fourth-order valence-corrected chi connectivity index (χ4v) is 2.84. The number of rotatable bonds is 2. The van der Waals surface area contributed by atoms with E-state index in [0.29, 0.717) is 0 Å². The Hall–Kier alpha value is -0.420. The molecule has 0 aliphatic rings. The zero-order valence-electron chi connectivity index (χ0n) is 9.61. The maximum absolute atomic E-state index is 5.89. The van der Waals surface area contributed by atoms with Crippen LogP contribution in [0.3, 0.4) is 0 Å². The topological polar surface area (TPSA) is 38.9 Å². The minimum absolute atomic E-state index is 0. The van der Waals surface area contributed by atoms with Crippen molar-refractivity contribution in [2.75, 3.05) is 0 Å². The van der Waals surface area contributed by atoms with Crippen molar-refractivity contribution in [3.63, 3.8) is 0 Å². The van der Waals surface area contributed by atoms with Gasteiger partial charge in [-0.25, -0.2) is 4.98 Å². The lowest BCUT2D eigenvalue weighted by Gasteiger charge is -1.99. The van der Waals surface area contributed by atoms with Crippen molar-refractivity contribution in [3.8, 4) is 10.6 Å². The monoisotopic (exact) mass is 332 g/mol. The number of hydrogen-bond donors (Lipinski definition) is 1. The molecule has 0 spiro atoms. The van der Waals surface area contributed by atoms with E-state index in [-0.39, 0.29) is 18.4 Å². The van der Waals surface area contributed by atoms with E-state index in [1.54, 1.807) is 11.3 Å². The average molecular weight is 334 g/mol. The SMILES string of the molecule is Cc1nc(-c2ccc(Br)cc2)sc1C(C)N.Cl. The molecule has 2 aromatic rings. The first kappa shape index (κ1) is 14.6. The molecule has 1 aromatic heterocycles. The van der Waals surface area contributed by atoms with Crippen molar-refractivity contribution in [1.29, 1.82) is 0 Å². The van der Waals surface area contributed by atoms with Crippen LogP contribution < -0.4 is 5.73 Å². The largest absolute Gasteiger partial charge is 0.323 e. The van der Waals surface area contributed by atoms with Gasteiger partial charge in [0.25, 0.3) is 0 Å². The van der Waals surface area contributed by atoms with Gasteiger partial charge in [-0.2, -0.15) is 0 Å². The van der Waals surface area contributed by atoms with Crippen LogP contribution in [0.1, 0.15) is 23.5 Å². The number of benzene rings is 1. The summed E-state index contributed by atoms with van der Waals surface area (Å²) in [5.74, 6) is 0. The molecule has 0 saturated heterocycles. The highest BCUT2D eigenvalue weighted by molar-refractivity contribution is 9.10. The molecule has 0 saturated carbocycles. The van der Waals surface area contributed by atoms with Crippen molar-refractivity contribution in [3.05, 3.63) is 39.3 Å². The number of thiazole rings is 1. The molecule has 0 aliphatic carbocycles. The molecule has 1 unspecified atom stereocenters. The standard InChI is InChI=1S/C12H13BrN2S.ClH/c1-7(14)11-8(2)15-12(16-11)9-3-5-10(13)6-4-9;/h3-7H,14H2,1-2H3;1H. The molecule has 0 aliphatic heterocycles. The van der Waals surface area contributed by atoms with Crippen LogP contribution in [0.25, 0.3) is 10.6 Å². The lowest BCUT2D eigenvalue weighted by atomic mass is 10.2. The van der Waals surface area contributed by atoms with Crippen molar-refractivity contribution < 1.29 is 0 Å². The summed E-state index contributed by atoms with van der Waals surface area (Å²) in [6.45, 7) is 4.00. The Labute approximate surface area is 120 Å². The van der Waals surface area contributed by atoms with E-state index in [4.69, 9.17) is 5.73 Å². The van der Waals surface area contributed by atoms with Gasteiger partial charge < -0.3 is 5.73 Å². The van der Waals surface area contributed by atoms with E-state index in [1.807, 2.05) is 26.0 Å². The number of hydrogen-bond acceptors (Lipinski definition) is 3. The van der Waals surface area contributed by atoms with Crippen molar-refractivity contribution in [2.45, 2.75) is 19.9 Å². The van der Waals surface area contributed by atoms with Crippen LogP contribution in [-0.2, 0) is 0 Å². The van der Waals surface area contributed by atoms with E-state index >= 15 is 0 Å². The second-order valence-corrected chi connectivity index (χ2v) is 5.71. The second kappa shape index (κ2) is 5.96. The summed E-state index contributed by atoms with van der Waals surface area (Å²) < 4.78 is 1.08. The van der Waals surface area contributed by atoms with Crippen molar-refractivity contribution >= 4 is 39.7 Å². The fourth-order valence-electron chi connectivity index (χ4n) is 1.55. The summed E-state index contributed by atoms with van der Waals surface area (Å²) in [5, 5.41) is 1.04. The Morgan fingerprint density at radius 1 is 1.29 bits per heavy atom. The first-order chi connectivity index (χ1) is 7.58. The molecule has 5 heteroatoms. The minimum Gasteiger partial charge on any atom is -0.323 e. The molecule has 92 valence electrons. The van der Waals surface area contributed by atoms with Crippen LogP contribution in [0.5, 0.6) is 0 Å². The Kier molecular flexibility index (Phi) is 5.13. The van der Waals surface area contributed by atoms with E-state index in [0.717, 1.165) is 25.6 Å². The van der Waals surface area contributed by atoms with Gasteiger partial charge in [0.1, 0.15) is 5.01 Å². The predicted octanol–water partition coefficient (Wildman–Crippen LogP) is 4.32. The van der Waals surface area contributed by atoms with Gasteiger partial charge in [-0.15, -0.1) is 23.7 Å². The maximum Gasteiger partial charge on any atom is 0.123 e. The molecule has 1 atom stereocenters. The second-order valence-electron chi connectivity index (χ2n) is 3.76. The summed E-state index contributed by atoms with van der Waals surface area (Å²) in [5.41, 5.74) is 8.07. The van der Waals surface area contributed by atoms with Gasteiger partial charge in [0, 0.05) is 21.0 Å². The molecule has 2 N–H and O–H groups in total. The van der Waals surface area contributed by atoms with Gasteiger partial charge in [-0.3, -0.25) is 0 Å². The van der Waals surface area contributed by atoms with Crippen molar-refractivity contribution in [1.82, 2.24) is 4.98 Å². The van der Waals surface area contributed by atoms with Gasteiger partial charge in [-0.05, 0) is 26.0 Å². The van der Waals surface area contributed by atoms with Crippen LogP contribution in [0.4, 0.5) is 0 Å². The number of aromatic nitrogens is 1. The van der Waals surface area contributed by atoms with E-state index < -0.39 is 0 Å². The number of aryl methyl sites for hydroxylation is 1. The molecule has 17 heavy (non-hydrogen) atoms. The van der Waals surface area contributed by atoms with Gasteiger partial charge >= 0.3 is 0 Å². The molecule has 0 amide bonds. The minimum atomic E-state index is 0. The highest BCUT2D eigenvalue weighted by Gasteiger charge is 2.11. The quantitative estimate of drug-likeness (QED) is 0.888. The average Bonchev–Trinajstić information content (AvgIpc) is 2.61. The molecular formula is C12H14BrClN2S. The van der Waals surface area contributed by atoms with Crippen LogP contribution in [-0.4, -0.2) is 4.98 Å². The van der Waals surface area contributed by atoms with Gasteiger partial charge in [-0.1, -0.05) is 28.1 Å². The van der Waals surface area contributed by atoms with E-state index in [2.05, 4.69) is 33.0 Å². The van der Waals surface area contributed by atoms with Gasteiger partial charge in [0.05, 0.1) is 5.69 Å². The summed E-state index contributed by atoms with van der Waals surface area (Å²) >= 11 is 5.10. The maximum atomic E-state index is 5.89. The third-order valence-electron chi connectivity index (χ3n) is 2.34. The third kappa shape index (κ3) is 3.28. The molecule has 1 heterocycles. The van der Waals surface area contributed by atoms with Crippen molar-refractivity contribution in [2.24, 2.45) is 5.73 Å². The number of halogens is 2. The number of nitrogens with two attached hydrogens (primary N) is 1. The lowest BCUT2D eigenvalue weighted by molar-refractivity contribution is 0.825. The lowest BCUT2D eigenvalue weighted by Crippen LogP contribution is -2.03. The van der Waals surface area contributed by atoms with Crippen LogP contribution in [0.15, 0.2) is 28.7 Å². The Morgan fingerprint density at radius 3 is 2.35 bits per heavy atom. The van der Waals surface area contributed by atoms with E-state index in [1.165, 1.54) is 0 Å². The summed E-state index contributed by atoms with van der Waals surface area (Å²) in [6.07, 6.45) is 0. The molecule has 0 fully saturated rings. The fraction of sp³-hybridized carbons (Fsp3) is 0.250. The molecule has 0 radical (unpaired) electrons. The number of nitrogens with zero attached hydrogens (tertiary/aromatic N) is 1. The van der Waals surface area contributed by atoms with Gasteiger partial charge in [0.15, 0.2) is 0 Å². The third-order valence-corrected chi connectivity index (χ3v) is 4.27. The van der Waals surface area contributed by atoms with Crippen LogP contribution in [0, 0.1) is 6.92 Å². The predicted molar refractivity (Wildman–Crippen MR) is 79.8 cm³/mol. The molecule has 2 nitrogen and oxygen atoms in total. The summed E-state index contributed by atoms with van der Waals surface area (Å²) in [6, 6.07) is 8.23. The van der Waals surface area contributed by atoms with Crippen LogP contribution in [0.2, 0.25) is 0 Å². The normalized spacial score (nSPS) is 12.0. The first-order valence-corrected chi connectivity index (χ1v) is 6.67. The zero-order chi connectivity index (χ0) is 11.7. The smallest absolute Gasteiger partial charge is 0.123 e. The molecule has 1 aromatic carbocycles.